The molecule has 0 radical (unpaired) electrons. The lowest BCUT2D eigenvalue weighted by atomic mass is 10.0. The van der Waals surface area contributed by atoms with E-state index in [1.807, 2.05) is 0 Å². The SMILES string of the molecule is CC(=O)SCC(CCCN)C(=O)N1CCC[C@H]1C(=O)O. The first-order valence-corrected chi connectivity index (χ1v) is 7.82. The molecule has 1 unspecified atom stereocenters. The Morgan fingerprint density at radius 3 is 2.70 bits per heavy atom. The van der Waals surface area contributed by atoms with Crippen LogP contribution in [0.1, 0.15) is 32.6 Å². The summed E-state index contributed by atoms with van der Waals surface area (Å²) < 4.78 is 0. The maximum absolute atomic E-state index is 12.5. The molecule has 0 aromatic carbocycles. The molecule has 1 saturated heterocycles. The van der Waals surface area contributed by atoms with Crippen LogP contribution in [-0.2, 0) is 14.4 Å². The van der Waals surface area contributed by atoms with Crippen molar-refractivity contribution in [1.29, 1.82) is 0 Å². The molecule has 0 spiro atoms. The van der Waals surface area contributed by atoms with E-state index in [-0.39, 0.29) is 16.9 Å². The molecule has 1 heterocycles. The van der Waals surface area contributed by atoms with Gasteiger partial charge in [-0.05, 0) is 32.2 Å². The third-order valence-electron chi connectivity index (χ3n) is 3.41. The highest BCUT2D eigenvalue weighted by atomic mass is 32.2. The molecule has 1 aliphatic rings. The monoisotopic (exact) mass is 302 g/mol. The molecule has 0 aromatic heterocycles. The van der Waals surface area contributed by atoms with Crippen molar-refractivity contribution in [2.45, 2.75) is 38.6 Å². The topological polar surface area (TPSA) is 101 Å². The van der Waals surface area contributed by atoms with Crippen LogP contribution in [0.15, 0.2) is 0 Å². The third-order valence-corrected chi connectivity index (χ3v) is 4.39. The Morgan fingerprint density at radius 1 is 1.45 bits per heavy atom. The number of carboxylic acid groups (broad SMARTS) is 1. The first kappa shape index (κ1) is 17.0. The summed E-state index contributed by atoms with van der Waals surface area (Å²) in [6, 6.07) is -0.717. The van der Waals surface area contributed by atoms with Gasteiger partial charge in [0.25, 0.3) is 0 Å². The van der Waals surface area contributed by atoms with Gasteiger partial charge >= 0.3 is 5.97 Å². The van der Waals surface area contributed by atoms with Gasteiger partial charge in [-0.1, -0.05) is 11.8 Å². The van der Waals surface area contributed by atoms with Gasteiger partial charge in [0.05, 0.1) is 0 Å². The molecule has 7 heteroatoms. The fourth-order valence-corrected chi connectivity index (χ4v) is 3.13. The van der Waals surface area contributed by atoms with Crippen LogP contribution in [0.5, 0.6) is 0 Å². The highest BCUT2D eigenvalue weighted by molar-refractivity contribution is 8.13. The second-order valence-electron chi connectivity index (χ2n) is 4.96. The van der Waals surface area contributed by atoms with Crippen molar-refractivity contribution >= 4 is 28.8 Å². The highest BCUT2D eigenvalue weighted by Crippen LogP contribution is 2.24. The second kappa shape index (κ2) is 8.26. The fraction of sp³-hybridized carbons (Fsp3) is 0.769. The molecule has 1 fully saturated rings. The Bertz CT molecular complexity index is 375. The van der Waals surface area contributed by atoms with Crippen LogP contribution in [0.25, 0.3) is 0 Å². The van der Waals surface area contributed by atoms with E-state index in [2.05, 4.69) is 0 Å². The predicted octanol–water partition coefficient (Wildman–Crippen LogP) is 0.697. The number of carboxylic acids is 1. The first-order valence-electron chi connectivity index (χ1n) is 6.84. The molecule has 1 amide bonds. The van der Waals surface area contributed by atoms with Gasteiger partial charge in [0, 0.05) is 25.1 Å². The lowest BCUT2D eigenvalue weighted by molar-refractivity contribution is -0.149. The molecule has 0 aliphatic carbocycles. The van der Waals surface area contributed by atoms with Crippen molar-refractivity contribution < 1.29 is 19.5 Å². The second-order valence-corrected chi connectivity index (χ2v) is 6.16. The van der Waals surface area contributed by atoms with Crippen molar-refractivity contribution in [1.82, 2.24) is 4.90 Å². The summed E-state index contributed by atoms with van der Waals surface area (Å²) in [7, 11) is 0. The minimum Gasteiger partial charge on any atom is -0.480 e. The number of carbonyl (C=O) groups is 3. The van der Waals surface area contributed by atoms with Crippen LogP contribution >= 0.6 is 11.8 Å². The first-order chi connectivity index (χ1) is 9.47. The van der Waals surface area contributed by atoms with Crippen molar-refractivity contribution in [2.24, 2.45) is 11.7 Å². The summed E-state index contributed by atoms with van der Waals surface area (Å²) in [6.07, 6.45) is 2.51. The molecule has 114 valence electrons. The van der Waals surface area contributed by atoms with Crippen LogP contribution in [0, 0.1) is 5.92 Å². The molecule has 0 aromatic rings. The van der Waals surface area contributed by atoms with Gasteiger partial charge in [-0.2, -0.15) is 0 Å². The van der Waals surface area contributed by atoms with Gasteiger partial charge in [0.2, 0.25) is 5.91 Å². The molecule has 20 heavy (non-hydrogen) atoms. The lowest BCUT2D eigenvalue weighted by Gasteiger charge is -2.26. The zero-order chi connectivity index (χ0) is 15.1. The minimum atomic E-state index is -0.951. The van der Waals surface area contributed by atoms with E-state index in [0.29, 0.717) is 44.5 Å². The molecule has 1 aliphatic heterocycles. The predicted molar refractivity (Wildman–Crippen MR) is 77.3 cm³/mol. The summed E-state index contributed by atoms with van der Waals surface area (Å²) in [5.74, 6) is -1.03. The van der Waals surface area contributed by atoms with Crippen molar-refractivity contribution in [2.75, 3.05) is 18.8 Å². The quantitative estimate of drug-likeness (QED) is 0.718. The number of nitrogens with two attached hydrogens (primary N) is 1. The zero-order valence-electron chi connectivity index (χ0n) is 11.7. The number of rotatable bonds is 7. The van der Waals surface area contributed by atoms with E-state index >= 15 is 0 Å². The van der Waals surface area contributed by atoms with Gasteiger partial charge in [0.15, 0.2) is 5.12 Å². The van der Waals surface area contributed by atoms with Crippen LogP contribution in [0.4, 0.5) is 0 Å². The summed E-state index contributed by atoms with van der Waals surface area (Å²) in [5, 5.41) is 9.10. The molecular weight excluding hydrogens is 280 g/mol. The Kier molecular flexibility index (Phi) is 7.01. The molecule has 0 saturated carbocycles. The van der Waals surface area contributed by atoms with E-state index in [1.54, 1.807) is 0 Å². The van der Waals surface area contributed by atoms with Gasteiger partial charge in [-0.3, -0.25) is 9.59 Å². The third kappa shape index (κ3) is 4.79. The van der Waals surface area contributed by atoms with Crippen LogP contribution in [0.2, 0.25) is 0 Å². The Balaban J connectivity index is 2.69. The number of nitrogens with zero attached hydrogens (tertiary/aromatic N) is 1. The smallest absolute Gasteiger partial charge is 0.326 e. The maximum atomic E-state index is 12.5. The summed E-state index contributed by atoms with van der Waals surface area (Å²) in [4.78, 5) is 36.1. The van der Waals surface area contributed by atoms with Gasteiger partial charge in [-0.25, -0.2) is 4.79 Å². The Labute approximate surface area is 123 Å². The molecule has 1 rings (SSSR count). The number of aliphatic carboxylic acids is 1. The largest absolute Gasteiger partial charge is 0.480 e. The van der Waals surface area contributed by atoms with E-state index in [1.165, 1.54) is 11.8 Å². The highest BCUT2D eigenvalue weighted by Gasteiger charge is 2.36. The average Bonchev–Trinajstić information content (AvgIpc) is 2.87. The van der Waals surface area contributed by atoms with Crippen LogP contribution < -0.4 is 5.73 Å². The Morgan fingerprint density at radius 2 is 2.15 bits per heavy atom. The van der Waals surface area contributed by atoms with E-state index in [4.69, 9.17) is 10.8 Å². The summed E-state index contributed by atoms with van der Waals surface area (Å²) in [6.45, 7) is 2.43. The minimum absolute atomic E-state index is 0.0354. The summed E-state index contributed by atoms with van der Waals surface area (Å²) >= 11 is 1.11. The van der Waals surface area contributed by atoms with E-state index in [9.17, 15) is 14.4 Å². The maximum Gasteiger partial charge on any atom is 0.326 e. The number of hydrogen-bond acceptors (Lipinski definition) is 5. The zero-order valence-corrected chi connectivity index (χ0v) is 12.5. The fourth-order valence-electron chi connectivity index (χ4n) is 2.38. The van der Waals surface area contributed by atoms with Crippen molar-refractivity contribution in [3.05, 3.63) is 0 Å². The molecule has 0 bridgehead atoms. The number of thioether (sulfide) groups is 1. The number of carbonyl (C=O) groups excluding carboxylic acids is 2. The van der Waals surface area contributed by atoms with E-state index in [0.717, 1.165) is 11.8 Å². The molecule has 2 atom stereocenters. The van der Waals surface area contributed by atoms with Gasteiger partial charge < -0.3 is 15.7 Å². The number of hydrogen-bond donors (Lipinski definition) is 2. The number of amides is 1. The number of likely N-dealkylation sites (tertiary alicyclic amines) is 1. The molecule has 3 N–H and O–H groups in total. The van der Waals surface area contributed by atoms with Gasteiger partial charge in [-0.15, -0.1) is 0 Å². The van der Waals surface area contributed by atoms with Crippen molar-refractivity contribution in [3.8, 4) is 0 Å². The Hall–Kier alpha value is -1.08. The molecule has 6 nitrogen and oxygen atoms in total. The normalized spacial score (nSPS) is 19.9. The van der Waals surface area contributed by atoms with Crippen LogP contribution in [0.3, 0.4) is 0 Å². The summed E-state index contributed by atoms with van der Waals surface area (Å²) in [5.41, 5.74) is 5.47. The van der Waals surface area contributed by atoms with E-state index < -0.39 is 12.0 Å². The molecular formula is C13H22N2O4S. The average molecular weight is 302 g/mol. The standard InChI is InChI=1S/C13H22N2O4S/c1-9(16)20-8-10(4-2-6-14)12(17)15-7-3-5-11(15)13(18)19/h10-11H,2-8,14H2,1H3,(H,18,19)/t10?,11-/m0/s1. The van der Waals surface area contributed by atoms with Gasteiger partial charge in [0.1, 0.15) is 6.04 Å². The lowest BCUT2D eigenvalue weighted by Crippen LogP contribution is -2.44. The van der Waals surface area contributed by atoms with Crippen molar-refractivity contribution in [3.63, 3.8) is 0 Å². The van der Waals surface area contributed by atoms with Crippen LogP contribution in [-0.4, -0.2) is 51.9 Å².